The van der Waals surface area contributed by atoms with Crippen molar-refractivity contribution in [3.05, 3.63) is 52.6 Å². The normalized spacial score (nSPS) is 26.8. The number of halogens is 2. The third-order valence-corrected chi connectivity index (χ3v) is 5.48. The molecule has 9 nitrogen and oxygen atoms in total. The number of benzene rings is 1. The van der Waals surface area contributed by atoms with Crippen LogP contribution in [0.5, 0.6) is 0 Å². The zero-order valence-electron chi connectivity index (χ0n) is 14.4. The molecule has 4 rings (SSSR count). The molecule has 1 fully saturated rings. The molecule has 2 aromatic heterocycles. The zero-order valence-corrected chi connectivity index (χ0v) is 15.2. The fourth-order valence-electron chi connectivity index (χ4n) is 3.81. The van der Waals surface area contributed by atoms with Crippen LogP contribution in [0.15, 0.2) is 35.7 Å². The number of nitrogens with two attached hydrogens (primary N) is 1. The fourth-order valence-corrected chi connectivity index (χ4v) is 3.93. The molecule has 6 N–H and O–H groups in total. The average Bonchev–Trinajstić information content (AvgIpc) is 3.19. The molecule has 1 aliphatic rings. The molecular weight excluding hydrogens is 391 g/mol. The summed E-state index contributed by atoms with van der Waals surface area (Å²) in [5.41, 5.74) is 0.732. The van der Waals surface area contributed by atoms with Crippen molar-refractivity contribution in [2.45, 2.75) is 30.8 Å². The summed E-state index contributed by atoms with van der Waals surface area (Å²) in [7, 11) is 0. The number of hydrogen-bond acceptors (Lipinski definition) is 7. The number of hydrogen-bond donors (Lipinski definition) is 5. The Morgan fingerprint density at radius 3 is 2.68 bits per heavy atom. The lowest BCUT2D eigenvalue weighted by molar-refractivity contribution is -0.0272. The predicted molar refractivity (Wildman–Crippen MR) is 97.2 cm³/mol. The number of aliphatic hydroxyl groups excluding tert-OH is 3. The third-order valence-electron chi connectivity index (χ3n) is 5.23. The first kappa shape index (κ1) is 18.8. The summed E-state index contributed by atoms with van der Waals surface area (Å²) in [6.45, 7) is 0. The Labute approximate surface area is 162 Å². The van der Waals surface area contributed by atoms with Gasteiger partial charge in [-0.1, -0.05) is 23.7 Å². The molecule has 0 unspecified atom stereocenters. The number of nitrogens with one attached hydrogen (secondary N) is 1. The average molecular weight is 409 g/mol. The summed E-state index contributed by atoms with van der Waals surface area (Å²) in [4.78, 5) is 6.62. The van der Waals surface area contributed by atoms with Crippen molar-refractivity contribution >= 4 is 22.6 Å². The maximum absolute atomic E-state index is 14.4. The van der Waals surface area contributed by atoms with Gasteiger partial charge in [-0.3, -0.25) is 0 Å². The van der Waals surface area contributed by atoms with E-state index < -0.39 is 36.2 Å². The van der Waals surface area contributed by atoms with E-state index in [1.54, 1.807) is 24.3 Å². The van der Waals surface area contributed by atoms with Crippen LogP contribution in [0.3, 0.4) is 0 Å². The number of aromatic nitrogens is 4. The minimum atomic E-state index is -1.27. The molecule has 11 heteroatoms. The van der Waals surface area contributed by atoms with Crippen molar-refractivity contribution < 1.29 is 19.7 Å². The van der Waals surface area contributed by atoms with Crippen LogP contribution >= 0.6 is 11.6 Å². The highest BCUT2D eigenvalue weighted by atomic mass is 35.5. The third kappa shape index (κ3) is 2.94. The number of aromatic amines is 1. The molecule has 0 aliphatic heterocycles. The van der Waals surface area contributed by atoms with Crippen LogP contribution in [0, 0.1) is 11.9 Å². The Bertz CT molecular complexity index is 1070. The van der Waals surface area contributed by atoms with E-state index in [0.29, 0.717) is 10.6 Å². The molecule has 1 aromatic carbocycles. The van der Waals surface area contributed by atoms with Gasteiger partial charge < -0.3 is 26.1 Å². The van der Waals surface area contributed by atoms with Crippen molar-refractivity contribution in [3.8, 4) is 0 Å². The van der Waals surface area contributed by atoms with Gasteiger partial charge >= 0.3 is 0 Å². The molecule has 0 amide bonds. The molecular formula is C17H18ClFN6O3. The van der Waals surface area contributed by atoms with Crippen molar-refractivity contribution in [2.75, 3.05) is 0 Å². The summed E-state index contributed by atoms with van der Waals surface area (Å²) >= 11 is 5.87. The SMILES string of the molecule is N/N=c1/nc[nH]c2c1c(F)nn2[C@@H]1C[C@H]([C@H](O)c2ccc(Cl)cc2)[C@@H](O)[C@H]1O. The largest absolute Gasteiger partial charge is 0.390 e. The van der Waals surface area contributed by atoms with E-state index in [-0.39, 0.29) is 22.9 Å². The van der Waals surface area contributed by atoms with Crippen LogP contribution in [0.1, 0.15) is 24.1 Å². The lowest BCUT2D eigenvalue weighted by Gasteiger charge is -2.22. The second-order valence-corrected chi connectivity index (χ2v) is 7.20. The topological polar surface area (TPSA) is 146 Å². The number of fused-ring (bicyclic) bond motifs is 1. The van der Waals surface area contributed by atoms with Gasteiger partial charge in [-0.25, -0.2) is 9.67 Å². The van der Waals surface area contributed by atoms with E-state index in [0.717, 1.165) is 0 Å². The minimum absolute atomic E-state index is 0.0200. The molecule has 0 saturated heterocycles. The predicted octanol–water partition coefficient (Wildman–Crippen LogP) is 0.343. The number of rotatable bonds is 3. The first-order valence-electron chi connectivity index (χ1n) is 8.57. The second-order valence-electron chi connectivity index (χ2n) is 6.76. The Balaban J connectivity index is 1.71. The van der Waals surface area contributed by atoms with Crippen LogP contribution < -0.4 is 11.3 Å². The standard InChI is InChI=1S/C17H18ClFN6O3/c18-8-3-1-7(2-4-8)12(26)9-5-10(14(28)13(9)27)25-17-11(15(19)24-25)16(23-20)21-6-22-17/h1-4,6,9-10,12-14,26-28H,5,20H2,(H,21,22,23)/t9-,10-,12-,13-,14+/m1/s1. The zero-order chi connectivity index (χ0) is 20.0. The van der Waals surface area contributed by atoms with E-state index >= 15 is 0 Å². The van der Waals surface area contributed by atoms with Crippen molar-refractivity contribution in [3.63, 3.8) is 0 Å². The fraction of sp³-hybridized carbons (Fsp3) is 0.353. The summed E-state index contributed by atoms with van der Waals surface area (Å²) < 4.78 is 15.6. The quantitative estimate of drug-likeness (QED) is 0.312. The lowest BCUT2D eigenvalue weighted by atomic mass is 9.92. The molecule has 0 bridgehead atoms. The van der Waals surface area contributed by atoms with Crippen LogP contribution in [0.2, 0.25) is 5.02 Å². The van der Waals surface area contributed by atoms with Gasteiger partial charge in [0.15, 0.2) is 5.49 Å². The summed E-state index contributed by atoms with van der Waals surface area (Å²) in [5.74, 6) is 3.70. The van der Waals surface area contributed by atoms with Crippen LogP contribution in [0.25, 0.3) is 11.0 Å². The number of nitrogens with zero attached hydrogens (tertiary/aromatic N) is 4. The Kier molecular flexibility index (Phi) is 4.79. The molecule has 28 heavy (non-hydrogen) atoms. The molecule has 0 spiro atoms. The van der Waals surface area contributed by atoms with Gasteiger partial charge in [0.2, 0.25) is 5.95 Å². The Morgan fingerprint density at radius 2 is 2.00 bits per heavy atom. The number of H-pyrrole nitrogens is 1. The second kappa shape index (κ2) is 7.13. The maximum atomic E-state index is 14.4. The minimum Gasteiger partial charge on any atom is -0.390 e. The molecule has 0 radical (unpaired) electrons. The van der Waals surface area contributed by atoms with E-state index in [2.05, 4.69) is 20.2 Å². The highest BCUT2D eigenvalue weighted by Crippen LogP contribution is 2.42. The van der Waals surface area contributed by atoms with Crippen LogP contribution in [-0.4, -0.2) is 47.3 Å². The summed E-state index contributed by atoms with van der Waals surface area (Å²) in [5, 5.41) is 39.6. The molecule has 1 saturated carbocycles. The van der Waals surface area contributed by atoms with Gasteiger partial charge in [-0.05, 0) is 24.1 Å². The van der Waals surface area contributed by atoms with Crippen molar-refractivity contribution in [2.24, 2.45) is 16.9 Å². The molecule has 3 aromatic rings. The van der Waals surface area contributed by atoms with E-state index in [9.17, 15) is 19.7 Å². The van der Waals surface area contributed by atoms with Gasteiger partial charge in [0.25, 0.3) is 0 Å². The maximum Gasteiger partial charge on any atom is 0.246 e. The van der Waals surface area contributed by atoms with Crippen molar-refractivity contribution in [1.29, 1.82) is 0 Å². The lowest BCUT2D eigenvalue weighted by Crippen LogP contribution is -2.31. The Hall–Kier alpha value is -2.53. The summed E-state index contributed by atoms with van der Waals surface area (Å²) in [6, 6.07) is 5.78. The van der Waals surface area contributed by atoms with Crippen LogP contribution in [0.4, 0.5) is 4.39 Å². The van der Waals surface area contributed by atoms with Gasteiger partial charge in [0.1, 0.15) is 17.1 Å². The van der Waals surface area contributed by atoms with E-state index in [1.165, 1.54) is 11.0 Å². The molecule has 5 atom stereocenters. The highest BCUT2D eigenvalue weighted by Gasteiger charge is 2.47. The van der Waals surface area contributed by atoms with Crippen molar-refractivity contribution in [1.82, 2.24) is 19.7 Å². The first-order valence-corrected chi connectivity index (χ1v) is 8.95. The first-order chi connectivity index (χ1) is 13.4. The highest BCUT2D eigenvalue weighted by molar-refractivity contribution is 6.30. The van der Waals surface area contributed by atoms with Gasteiger partial charge in [0, 0.05) is 10.9 Å². The van der Waals surface area contributed by atoms with E-state index in [4.69, 9.17) is 17.4 Å². The summed E-state index contributed by atoms with van der Waals surface area (Å²) in [6.07, 6.45) is -2.11. The van der Waals surface area contributed by atoms with Gasteiger partial charge in [-0.2, -0.15) is 9.49 Å². The molecule has 2 heterocycles. The smallest absolute Gasteiger partial charge is 0.246 e. The van der Waals surface area contributed by atoms with E-state index in [1.807, 2.05) is 0 Å². The molecule has 1 aliphatic carbocycles. The Morgan fingerprint density at radius 1 is 1.29 bits per heavy atom. The monoisotopic (exact) mass is 408 g/mol. The number of aliphatic hydroxyl groups is 3. The van der Waals surface area contributed by atoms with Crippen LogP contribution in [-0.2, 0) is 0 Å². The van der Waals surface area contributed by atoms with Gasteiger partial charge in [0.05, 0.1) is 24.6 Å². The molecule has 148 valence electrons. The van der Waals surface area contributed by atoms with Gasteiger partial charge in [-0.15, -0.1) is 5.10 Å².